The minimum atomic E-state index is -0.963. The first-order chi connectivity index (χ1) is 6.18. The van der Waals surface area contributed by atoms with Crippen molar-refractivity contribution in [3.8, 4) is 0 Å². The Kier molecular flexibility index (Phi) is 1.81. The smallest absolute Gasteiger partial charge is 0.354 e. The van der Waals surface area contributed by atoms with Crippen molar-refractivity contribution in [3.05, 3.63) is 17.7 Å². The van der Waals surface area contributed by atoms with E-state index in [1.807, 2.05) is 0 Å². The monoisotopic (exact) mass is 182 g/mol. The average molecular weight is 182 g/mol. The maximum absolute atomic E-state index is 10.7. The highest BCUT2D eigenvalue weighted by molar-refractivity contribution is 5.85. The molecule has 0 amide bonds. The molecule has 13 heavy (non-hydrogen) atoms. The summed E-state index contributed by atoms with van der Waals surface area (Å²) in [6.45, 7) is 0.540. The van der Waals surface area contributed by atoms with Gasteiger partial charge in [-0.3, -0.25) is 0 Å². The number of aliphatic hydroxyl groups is 1. The van der Waals surface area contributed by atoms with E-state index in [4.69, 9.17) is 5.11 Å². The van der Waals surface area contributed by atoms with Gasteiger partial charge in [-0.1, -0.05) is 0 Å². The highest BCUT2D eigenvalue weighted by Gasteiger charge is 2.22. The molecule has 0 aromatic carbocycles. The second-order valence-electron chi connectivity index (χ2n) is 3.16. The SMILES string of the molecule is O=C(O)c1cnc2n1CCC(O)C2. The number of carboxylic acids is 1. The summed E-state index contributed by atoms with van der Waals surface area (Å²) in [5, 5.41) is 18.1. The Morgan fingerprint density at radius 1 is 1.69 bits per heavy atom. The lowest BCUT2D eigenvalue weighted by molar-refractivity contribution is 0.0678. The maximum atomic E-state index is 10.7. The number of aromatic carboxylic acids is 1. The maximum Gasteiger partial charge on any atom is 0.354 e. The lowest BCUT2D eigenvalue weighted by Crippen LogP contribution is -2.25. The molecule has 5 heteroatoms. The predicted octanol–water partition coefficient (Wildman–Crippen LogP) is -0.112. The van der Waals surface area contributed by atoms with Gasteiger partial charge < -0.3 is 14.8 Å². The number of imidazole rings is 1. The van der Waals surface area contributed by atoms with Gasteiger partial charge >= 0.3 is 5.97 Å². The Morgan fingerprint density at radius 3 is 3.15 bits per heavy atom. The first-order valence-electron chi connectivity index (χ1n) is 4.14. The van der Waals surface area contributed by atoms with Crippen molar-refractivity contribution in [1.82, 2.24) is 9.55 Å². The lowest BCUT2D eigenvalue weighted by atomic mass is 10.1. The standard InChI is InChI=1S/C8H10N2O3/c11-5-1-2-10-6(8(12)13)4-9-7(10)3-5/h4-5,11H,1-3H2,(H,12,13). The van der Waals surface area contributed by atoms with Gasteiger partial charge in [0.15, 0.2) is 0 Å². The molecule has 1 aromatic heterocycles. The summed E-state index contributed by atoms with van der Waals surface area (Å²) < 4.78 is 1.65. The second-order valence-corrected chi connectivity index (χ2v) is 3.16. The third-order valence-corrected chi connectivity index (χ3v) is 2.26. The number of hydrogen-bond acceptors (Lipinski definition) is 3. The quantitative estimate of drug-likeness (QED) is 0.635. The molecule has 2 rings (SSSR count). The van der Waals surface area contributed by atoms with E-state index >= 15 is 0 Å². The largest absolute Gasteiger partial charge is 0.477 e. The van der Waals surface area contributed by atoms with Crippen LogP contribution in [0.1, 0.15) is 22.7 Å². The van der Waals surface area contributed by atoms with Crippen LogP contribution in [0.2, 0.25) is 0 Å². The van der Waals surface area contributed by atoms with Crippen LogP contribution >= 0.6 is 0 Å². The van der Waals surface area contributed by atoms with Crippen LogP contribution in [0.15, 0.2) is 6.20 Å². The van der Waals surface area contributed by atoms with Gasteiger partial charge in [-0.2, -0.15) is 0 Å². The van der Waals surface area contributed by atoms with E-state index in [-0.39, 0.29) is 11.8 Å². The number of carboxylic acid groups (broad SMARTS) is 1. The summed E-state index contributed by atoms with van der Waals surface area (Å²) in [5.41, 5.74) is 0.210. The van der Waals surface area contributed by atoms with Crippen LogP contribution in [-0.2, 0) is 13.0 Å². The van der Waals surface area contributed by atoms with Crippen LogP contribution in [0.3, 0.4) is 0 Å². The summed E-state index contributed by atoms with van der Waals surface area (Å²) in [4.78, 5) is 14.6. The molecule has 5 nitrogen and oxygen atoms in total. The van der Waals surface area contributed by atoms with E-state index in [1.165, 1.54) is 6.20 Å². The van der Waals surface area contributed by atoms with Crippen LogP contribution in [0.25, 0.3) is 0 Å². The Labute approximate surface area is 74.6 Å². The van der Waals surface area contributed by atoms with Crippen LogP contribution in [0.5, 0.6) is 0 Å². The molecule has 2 N–H and O–H groups in total. The van der Waals surface area contributed by atoms with E-state index < -0.39 is 5.97 Å². The highest BCUT2D eigenvalue weighted by Crippen LogP contribution is 2.16. The first kappa shape index (κ1) is 8.25. The summed E-state index contributed by atoms with van der Waals surface area (Å²) in [7, 11) is 0. The first-order valence-corrected chi connectivity index (χ1v) is 4.14. The molecule has 1 atom stereocenters. The Bertz CT molecular complexity index is 345. The number of hydrogen-bond donors (Lipinski definition) is 2. The highest BCUT2D eigenvalue weighted by atomic mass is 16.4. The molecule has 0 saturated heterocycles. The van der Waals surface area contributed by atoms with Gasteiger partial charge in [0.05, 0.1) is 12.3 Å². The lowest BCUT2D eigenvalue weighted by Gasteiger charge is -2.19. The van der Waals surface area contributed by atoms with Gasteiger partial charge in [0.2, 0.25) is 0 Å². The summed E-state index contributed by atoms with van der Waals surface area (Å²) in [6.07, 6.45) is 2.02. The van der Waals surface area contributed by atoms with E-state index in [9.17, 15) is 9.90 Å². The second kappa shape index (κ2) is 2.85. The van der Waals surface area contributed by atoms with Gasteiger partial charge in [-0.15, -0.1) is 0 Å². The molecule has 0 spiro atoms. The van der Waals surface area contributed by atoms with Gasteiger partial charge in [0.1, 0.15) is 11.5 Å². The summed E-state index contributed by atoms with van der Waals surface area (Å²) >= 11 is 0. The fraction of sp³-hybridized carbons (Fsp3) is 0.500. The normalized spacial score (nSPS) is 21.2. The van der Waals surface area contributed by atoms with Crippen molar-refractivity contribution in [1.29, 1.82) is 0 Å². The molecule has 2 heterocycles. The van der Waals surface area contributed by atoms with Crippen LogP contribution in [-0.4, -0.2) is 31.8 Å². The van der Waals surface area contributed by atoms with Crippen molar-refractivity contribution in [3.63, 3.8) is 0 Å². The molecule has 0 saturated carbocycles. The zero-order chi connectivity index (χ0) is 9.42. The number of carbonyl (C=O) groups is 1. The number of aromatic nitrogens is 2. The van der Waals surface area contributed by atoms with E-state index in [2.05, 4.69) is 4.98 Å². The predicted molar refractivity (Wildman–Crippen MR) is 43.5 cm³/mol. The Balaban J connectivity index is 2.39. The molecule has 1 unspecified atom stereocenters. The van der Waals surface area contributed by atoms with Crippen molar-refractivity contribution >= 4 is 5.97 Å². The third-order valence-electron chi connectivity index (χ3n) is 2.26. The molecule has 1 aliphatic heterocycles. The van der Waals surface area contributed by atoms with Crippen LogP contribution in [0.4, 0.5) is 0 Å². The van der Waals surface area contributed by atoms with E-state index in [0.29, 0.717) is 25.2 Å². The molecule has 1 aromatic rings. The topological polar surface area (TPSA) is 75.3 Å². The Morgan fingerprint density at radius 2 is 2.46 bits per heavy atom. The Hall–Kier alpha value is -1.36. The summed E-state index contributed by atoms with van der Waals surface area (Å²) in [6, 6.07) is 0. The minimum Gasteiger partial charge on any atom is -0.477 e. The number of rotatable bonds is 1. The molecule has 0 aliphatic carbocycles. The number of aliphatic hydroxyl groups excluding tert-OH is 1. The van der Waals surface area contributed by atoms with Gasteiger partial charge in [0, 0.05) is 13.0 Å². The van der Waals surface area contributed by atoms with Crippen LogP contribution < -0.4 is 0 Å². The molecular formula is C8H10N2O3. The average Bonchev–Trinajstić information content (AvgIpc) is 2.46. The number of nitrogens with zero attached hydrogens (tertiary/aromatic N) is 2. The fourth-order valence-electron chi connectivity index (χ4n) is 1.59. The van der Waals surface area contributed by atoms with Gasteiger partial charge in [0.25, 0.3) is 0 Å². The molecule has 0 fully saturated rings. The van der Waals surface area contributed by atoms with Crippen molar-refractivity contribution in [2.45, 2.75) is 25.5 Å². The van der Waals surface area contributed by atoms with Gasteiger partial charge in [-0.05, 0) is 6.42 Å². The zero-order valence-electron chi connectivity index (χ0n) is 6.97. The van der Waals surface area contributed by atoms with Gasteiger partial charge in [-0.25, -0.2) is 9.78 Å². The zero-order valence-corrected chi connectivity index (χ0v) is 6.97. The minimum absolute atomic E-state index is 0.210. The number of fused-ring (bicyclic) bond motifs is 1. The van der Waals surface area contributed by atoms with Crippen molar-refractivity contribution in [2.75, 3.05) is 0 Å². The van der Waals surface area contributed by atoms with E-state index in [0.717, 1.165) is 0 Å². The van der Waals surface area contributed by atoms with Crippen molar-refractivity contribution < 1.29 is 15.0 Å². The van der Waals surface area contributed by atoms with E-state index in [1.54, 1.807) is 4.57 Å². The molecule has 0 bridgehead atoms. The molecule has 1 aliphatic rings. The third kappa shape index (κ3) is 1.31. The van der Waals surface area contributed by atoms with Crippen molar-refractivity contribution in [2.24, 2.45) is 0 Å². The van der Waals surface area contributed by atoms with Crippen LogP contribution in [0, 0.1) is 0 Å². The fourth-order valence-corrected chi connectivity index (χ4v) is 1.59. The molecular weight excluding hydrogens is 172 g/mol. The summed E-state index contributed by atoms with van der Waals surface area (Å²) in [5.74, 6) is -0.300. The molecule has 70 valence electrons. The molecule has 0 radical (unpaired) electrons.